The molecule has 0 radical (unpaired) electrons. The van der Waals surface area contributed by atoms with Crippen molar-refractivity contribution in [3.63, 3.8) is 0 Å². The molecule has 0 spiro atoms. The summed E-state index contributed by atoms with van der Waals surface area (Å²) in [4.78, 5) is 12.9. The molecule has 0 saturated carbocycles. The Bertz CT molecular complexity index is 147. The van der Waals surface area contributed by atoms with E-state index in [1.54, 1.807) is 0 Å². The van der Waals surface area contributed by atoms with Gasteiger partial charge in [0.2, 0.25) is 5.91 Å². The molecule has 3 nitrogen and oxygen atoms in total. The average Bonchev–Trinajstić information content (AvgIpc) is 2.31. The van der Waals surface area contributed by atoms with E-state index in [0.29, 0.717) is 11.9 Å². The zero-order valence-electron chi connectivity index (χ0n) is 7.26. The summed E-state index contributed by atoms with van der Waals surface area (Å²) in [5.74, 6) is 0.297. The fraction of sp³-hybridized carbons (Fsp3) is 0.875. The molecular formula is C8H16N2O. The van der Waals surface area contributed by atoms with Crippen LogP contribution in [0.2, 0.25) is 0 Å². The van der Waals surface area contributed by atoms with Crippen molar-refractivity contribution in [1.29, 1.82) is 0 Å². The lowest BCUT2D eigenvalue weighted by molar-refractivity contribution is -0.127. The van der Waals surface area contributed by atoms with E-state index >= 15 is 0 Å². The van der Waals surface area contributed by atoms with Crippen molar-refractivity contribution < 1.29 is 4.79 Å². The quantitative estimate of drug-likeness (QED) is 0.634. The number of carbonyl (C=O) groups excluding carboxylic acids is 1. The zero-order valence-corrected chi connectivity index (χ0v) is 7.26. The highest BCUT2D eigenvalue weighted by Gasteiger charge is 2.26. The monoisotopic (exact) mass is 156 g/mol. The van der Waals surface area contributed by atoms with E-state index in [2.05, 4.69) is 5.32 Å². The van der Waals surface area contributed by atoms with E-state index in [-0.39, 0.29) is 0 Å². The number of nitrogens with zero attached hydrogens (tertiary/aromatic N) is 1. The maximum Gasteiger partial charge on any atom is 0.222 e. The molecule has 1 aliphatic rings. The Hall–Kier alpha value is -0.570. The predicted molar refractivity (Wildman–Crippen MR) is 44.3 cm³/mol. The van der Waals surface area contributed by atoms with Crippen LogP contribution in [0, 0.1) is 0 Å². The van der Waals surface area contributed by atoms with Crippen LogP contribution in [0.1, 0.15) is 19.3 Å². The van der Waals surface area contributed by atoms with E-state index in [0.717, 1.165) is 25.8 Å². The van der Waals surface area contributed by atoms with Crippen LogP contribution in [0.5, 0.6) is 0 Å². The van der Waals surface area contributed by atoms with Crippen LogP contribution in [0.25, 0.3) is 0 Å². The summed E-state index contributed by atoms with van der Waals surface area (Å²) in [6.45, 7) is 1.00. The summed E-state index contributed by atoms with van der Waals surface area (Å²) in [5.41, 5.74) is 0. The summed E-state index contributed by atoms with van der Waals surface area (Å²) in [5, 5.41) is 3.09. The molecule has 1 heterocycles. The van der Waals surface area contributed by atoms with E-state index in [1.807, 2.05) is 19.0 Å². The van der Waals surface area contributed by atoms with Gasteiger partial charge in [-0.25, -0.2) is 0 Å². The molecule has 0 bridgehead atoms. The number of amides is 1. The second-order valence-corrected chi connectivity index (χ2v) is 3.09. The van der Waals surface area contributed by atoms with Crippen molar-refractivity contribution in [2.45, 2.75) is 25.3 Å². The number of rotatable bonds is 3. The normalized spacial score (nSPS) is 24.7. The Morgan fingerprint density at radius 2 is 2.45 bits per heavy atom. The SMILES string of the molecule is CNCCC1CCC(=O)N1C. The van der Waals surface area contributed by atoms with E-state index in [4.69, 9.17) is 0 Å². The van der Waals surface area contributed by atoms with Crippen LogP contribution in [0.3, 0.4) is 0 Å². The van der Waals surface area contributed by atoms with Gasteiger partial charge >= 0.3 is 0 Å². The number of hydrogen-bond acceptors (Lipinski definition) is 2. The summed E-state index contributed by atoms with van der Waals surface area (Å²) >= 11 is 0. The molecule has 1 saturated heterocycles. The third-order valence-electron chi connectivity index (χ3n) is 2.36. The van der Waals surface area contributed by atoms with Gasteiger partial charge in [0.15, 0.2) is 0 Å². The van der Waals surface area contributed by atoms with Crippen molar-refractivity contribution in [3.05, 3.63) is 0 Å². The van der Waals surface area contributed by atoms with E-state index in [1.165, 1.54) is 0 Å². The molecule has 1 atom stereocenters. The molecule has 0 aromatic heterocycles. The highest BCUT2D eigenvalue weighted by atomic mass is 16.2. The third kappa shape index (κ3) is 1.93. The first-order valence-electron chi connectivity index (χ1n) is 4.16. The van der Waals surface area contributed by atoms with Crippen molar-refractivity contribution in [3.8, 4) is 0 Å². The standard InChI is InChI=1S/C8H16N2O/c1-9-6-5-7-3-4-8(11)10(7)2/h7,9H,3-6H2,1-2H3. The number of nitrogens with one attached hydrogen (secondary N) is 1. The molecule has 0 aromatic carbocycles. The Labute approximate surface area is 67.8 Å². The average molecular weight is 156 g/mol. The number of carbonyl (C=O) groups is 1. The van der Waals surface area contributed by atoms with Gasteiger partial charge in [0.25, 0.3) is 0 Å². The van der Waals surface area contributed by atoms with Crippen LogP contribution in [-0.2, 0) is 4.79 Å². The van der Waals surface area contributed by atoms with Crippen molar-refractivity contribution in [1.82, 2.24) is 10.2 Å². The number of likely N-dealkylation sites (tertiary alicyclic amines) is 1. The highest BCUT2D eigenvalue weighted by Crippen LogP contribution is 2.18. The molecule has 0 aliphatic carbocycles. The van der Waals surface area contributed by atoms with Crippen molar-refractivity contribution in [2.24, 2.45) is 0 Å². The molecule has 0 aromatic rings. The summed E-state index contributed by atoms with van der Waals surface area (Å²) in [6, 6.07) is 0.481. The van der Waals surface area contributed by atoms with Crippen molar-refractivity contribution >= 4 is 5.91 Å². The maximum absolute atomic E-state index is 11.1. The first kappa shape index (κ1) is 8.53. The maximum atomic E-state index is 11.1. The Kier molecular flexibility index (Phi) is 2.88. The Balaban J connectivity index is 2.30. The van der Waals surface area contributed by atoms with Gasteiger partial charge in [-0.2, -0.15) is 0 Å². The number of hydrogen-bond donors (Lipinski definition) is 1. The van der Waals surface area contributed by atoms with Gasteiger partial charge < -0.3 is 10.2 Å². The highest BCUT2D eigenvalue weighted by molar-refractivity contribution is 5.78. The van der Waals surface area contributed by atoms with E-state index in [9.17, 15) is 4.79 Å². The van der Waals surface area contributed by atoms with Gasteiger partial charge in [0.1, 0.15) is 0 Å². The molecule has 1 unspecified atom stereocenters. The summed E-state index contributed by atoms with van der Waals surface area (Å²) in [7, 11) is 3.84. The molecule has 11 heavy (non-hydrogen) atoms. The molecule has 1 aliphatic heterocycles. The molecule has 1 amide bonds. The van der Waals surface area contributed by atoms with E-state index < -0.39 is 0 Å². The molecular weight excluding hydrogens is 140 g/mol. The lowest BCUT2D eigenvalue weighted by Gasteiger charge is -2.19. The van der Waals surface area contributed by atoms with Crippen LogP contribution < -0.4 is 5.32 Å². The largest absolute Gasteiger partial charge is 0.343 e. The van der Waals surface area contributed by atoms with Gasteiger partial charge in [-0.15, -0.1) is 0 Å². The lowest BCUT2D eigenvalue weighted by Crippen LogP contribution is -2.30. The summed E-state index contributed by atoms with van der Waals surface area (Å²) < 4.78 is 0. The molecule has 1 N–H and O–H groups in total. The van der Waals surface area contributed by atoms with Gasteiger partial charge in [0, 0.05) is 19.5 Å². The van der Waals surface area contributed by atoms with Crippen molar-refractivity contribution in [2.75, 3.05) is 20.6 Å². The van der Waals surface area contributed by atoms with Crippen LogP contribution in [0.15, 0.2) is 0 Å². The topological polar surface area (TPSA) is 32.3 Å². The molecule has 1 rings (SSSR count). The van der Waals surface area contributed by atoms with Crippen LogP contribution in [-0.4, -0.2) is 37.5 Å². The first-order chi connectivity index (χ1) is 5.25. The predicted octanol–water partition coefficient (Wildman–Crippen LogP) is 0.217. The minimum absolute atomic E-state index is 0.297. The molecule has 64 valence electrons. The lowest BCUT2D eigenvalue weighted by atomic mass is 10.1. The molecule has 1 fully saturated rings. The zero-order chi connectivity index (χ0) is 8.27. The first-order valence-corrected chi connectivity index (χ1v) is 4.16. The van der Waals surface area contributed by atoms with Crippen LogP contribution >= 0.6 is 0 Å². The van der Waals surface area contributed by atoms with Gasteiger partial charge in [-0.3, -0.25) is 4.79 Å². The fourth-order valence-electron chi connectivity index (χ4n) is 1.51. The smallest absolute Gasteiger partial charge is 0.222 e. The van der Waals surface area contributed by atoms with Gasteiger partial charge in [-0.1, -0.05) is 0 Å². The van der Waals surface area contributed by atoms with Gasteiger partial charge in [0.05, 0.1) is 0 Å². The fourth-order valence-corrected chi connectivity index (χ4v) is 1.51. The summed E-state index contributed by atoms with van der Waals surface area (Å²) in [6.07, 6.45) is 2.86. The molecule has 3 heteroatoms. The minimum atomic E-state index is 0.297. The van der Waals surface area contributed by atoms with Crippen LogP contribution in [0.4, 0.5) is 0 Å². The second kappa shape index (κ2) is 3.72. The Morgan fingerprint density at radius 1 is 1.73 bits per heavy atom. The third-order valence-corrected chi connectivity index (χ3v) is 2.36. The van der Waals surface area contributed by atoms with Gasteiger partial charge in [-0.05, 0) is 26.4 Å². The minimum Gasteiger partial charge on any atom is -0.343 e. The Morgan fingerprint density at radius 3 is 2.91 bits per heavy atom. The second-order valence-electron chi connectivity index (χ2n) is 3.09.